The van der Waals surface area contributed by atoms with Gasteiger partial charge in [0.2, 0.25) is 5.89 Å². The third-order valence-corrected chi connectivity index (χ3v) is 6.98. The molecule has 184 valence electrons. The molecule has 0 aliphatic heterocycles. The van der Waals surface area contributed by atoms with Gasteiger partial charge in [-0.15, -0.1) is 0 Å². The van der Waals surface area contributed by atoms with Gasteiger partial charge in [-0.1, -0.05) is 54.6 Å². The van der Waals surface area contributed by atoms with Gasteiger partial charge < -0.3 is 14.3 Å². The topological polar surface area (TPSA) is 72.6 Å². The highest BCUT2D eigenvalue weighted by atomic mass is 16.5. The minimum atomic E-state index is -0.739. The van der Waals surface area contributed by atoms with Crippen molar-refractivity contribution in [2.75, 3.05) is 6.61 Å². The van der Waals surface area contributed by atoms with E-state index in [1.54, 1.807) is 0 Å². The summed E-state index contributed by atoms with van der Waals surface area (Å²) in [4.78, 5) is 16.1. The molecule has 5 nitrogen and oxygen atoms in total. The Morgan fingerprint density at radius 1 is 1.03 bits per heavy atom. The Labute approximate surface area is 211 Å². The van der Waals surface area contributed by atoms with Crippen molar-refractivity contribution in [2.45, 2.75) is 51.4 Å². The lowest BCUT2D eigenvalue weighted by atomic mass is 9.94. The Bertz CT molecular complexity index is 1330. The van der Waals surface area contributed by atoms with Gasteiger partial charge in [0.05, 0.1) is 18.7 Å². The predicted octanol–water partition coefficient (Wildman–Crippen LogP) is 6.56. The molecule has 1 aliphatic carbocycles. The number of aliphatic carboxylic acids is 1. The van der Waals surface area contributed by atoms with E-state index >= 15 is 0 Å². The molecule has 0 spiro atoms. The highest BCUT2D eigenvalue weighted by Gasteiger charge is 2.26. The van der Waals surface area contributed by atoms with Gasteiger partial charge in [-0.25, -0.2) is 4.98 Å². The van der Waals surface area contributed by atoms with Crippen molar-refractivity contribution in [1.29, 1.82) is 0 Å². The number of ether oxygens (including phenoxy) is 1. The molecule has 4 aromatic rings. The minimum absolute atomic E-state index is 0.0798. The van der Waals surface area contributed by atoms with Crippen LogP contribution in [0.2, 0.25) is 0 Å². The number of carbonyl (C=O) groups is 1. The molecular formula is C31H31NO4. The van der Waals surface area contributed by atoms with Crippen LogP contribution in [0.25, 0.3) is 11.5 Å². The fourth-order valence-corrected chi connectivity index (χ4v) is 5.07. The van der Waals surface area contributed by atoms with Gasteiger partial charge in [0.15, 0.2) is 0 Å². The molecular weight excluding hydrogens is 450 g/mol. The lowest BCUT2D eigenvalue weighted by Gasteiger charge is -2.16. The molecule has 0 saturated heterocycles. The maximum atomic E-state index is 11.4. The van der Waals surface area contributed by atoms with E-state index in [0.717, 1.165) is 54.0 Å². The number of rotatable bonds is 10. The summed E-state index contributed by atoms with van der Waals surface area (Å²) in [6.45, 7) is 2.44. The number of oxazole rings is 1. The van der Waals surface area contributed by atoms with Crippen molar-refractivity contribution in [3.63, 3.8) is 0 Å². The van der Waals surface area contributed by atoms with Crippen LogP contribution in [0.15, 0.2) is 77.2 Å². The average molecular weight is 482 g/mol. The first-order chi connectivity index (χ1) is 17.6. The number of aryl methyl sites for hydroxylation is 4. The zero-order valence-electron chi connectivity index (χ0n) is 20.6. The van der Waals surface area contributed by atoms with Crippen LogP contribution in [0.5, 0.6) is 5.75 Å². The highest BCUT2D eigenvalue weighted by molar-refractivity contribution is 5.68. The first-order valence-corrected chi connectivity index (χ1v) is 12.6. The fraction of sp³-hybridized carbons (Fsp3) is 0.290. The van der Waals surface area contributed by atoms with E-state index in [4.69, 9.17) is 14.1 Å². The first kappa shape index (κ1) is 23.9. The Morgan fingerprint density at radius 3 is 2.53 bits per heavy atom. The van der Waals surface area contributed by atoms with E-state index in [-0.39, 0.29) is 12.3 Å². The van der Waals surface area contributed by atoms with Gasteiger partial charge in [0.1, 0.15) is 11.5 Å². The molecule has 1 heterocycles. The zero-order chi connectivity index (χ0) is 24.9. The largest absolute Gasteiger partial charge is 0.493 e. The molecule has 1 atom stereocenters. The summed E-state index contributed by atoms with van der Waals surface area (Å²) in [6.07, 6.45) is 4.35. The van der Waals surface area contributed by atoms with E-state index in [2.05, 4.69) is 36.4 Å². The van der Waals surface area contributed by atoms with Crippen LogP contribution < -0.4 is 4.74 Å². The third-order valence-electron chi connectivity index (χ3n) is 6.98. The van der Waals surface area contributed by atoms with E-state index < -0.39 is 5.97 Å². The van der Waals surface area contributed by atoms with E-state index in [1.165, 1.54) is 16.7 Å². The summed E-state index contributed by atoms with van der Waals surface area (Å²) in [5.74, 6) is 1.68. The summed E-state index contributed by atoms with van der Waals surface area (Å²) in [7, 11) is 0. The summed E-state index contributed by atoms with van der Waals surface area (Å²) in [6, 6.07) is 24.7. The maximum Gasteiger partial charge on any atom is 0.303 e. The van der Waals surface area contributed by atoms with Crippen LogP contribution >= 0.6 is 0 Å². The molecule has 0 unspecified atom stereocenters. The number of hydrogen-bond acceptors (Lipinski definition) is 4. The summed E-state index contributed by atoms with van der Waals surface area (Å²) in [5, 5.41) is 9.36. The van der Waals surface area contributed by atoms with Gasteiger partial charge >= 0.3 is 5.97 Å². The Kier molecular flexibility index (Phi) is 7.17. The summed E-state index contributed by atoms with van der Waals surface area (Å²) >= 11 is 0. The van der Waals surface area contributed by atoms with Crippen molar-refractivity contribution < 1.29 is 19.1 Å². The van der Waals surface area contributed by atoms with Crippen LogP contribution in [-0.2, 0) is 30.5 Å². The van der Waals surface area contributed by atoms with E-state index in [0.29, 0.717) is 18.9 Å². The second-order valence-corrected chi connectivity index (χ2v) is 9.46. The molecule has 0 saturated carbocycles. The molecule has 0 radical (unpaired) electrons. The van der Waals surface area contributed by atoms with Gasteiger partial charge in [0, 0.05) is 12.0 Å². The smallest absolute Gasteiger partial charge is 0.303 e. The van der Waals surface area contributed by atoms with E-state index in [1.807, 2.05) is 43.3 Å². The van der Waals surface area contributed by atoms with Crippen molar-refractivity contribution in [3.05, 3.63) is 107 Å². The number of nitrogens with zero attached hydrogens (tertiary/aromatic N) is 1. The lowest BCUT2D eigenvalue weighted by Crippen LogP contribution is -2.07. The molecule has 1 aromatic heterocycles. The Balaban J connectivity index is 1.32. The van der Waals surface area contributed by atoms with Crippen molar-refractivity contribution in [2.24, 2.45) is 0 Å². The maximum absolute atomic E-state index is 11.4. The average Bonchev–Trinajstić information content (AvgIpc) is 3.46. The third kappa shape index (κ3) is 5.51. The van der Waals surface area contributed by atoms with Crippen LogP contribution in [0, 0.1) is 6.92 Å². The zero-order valence-corrected chi connectivity index (χ0v) is 20.6. The molecule has 1 N–H and O–H groups in total. The van der Waals surface area contributed by atoms with Gasteiger partial charge in [-0.2, -0.15) is 0 Å². The SMILES string of the molecule is Cc1oc(-c2ccccc2)nc1CCOc1cc2c(cc1CCc1ccccc1)[C@H](CC(=O)O)CC2. The number of carboxylic acid groups (broad SMARTS) is 1. The molecule has 3 aromatic carbocycles. The lowest BCUT2D eigenvalue weighted by molar-refractivity contribution is -0.137. The molecule has 1 aliphatic rings. The minimum Gasteiger partial charge on any atom is -0.493 e. The number of fused-ring (bicyclic) bond motifs is 1. The Morgan fingerprint density at radius 2 is 1.78 bits per heavy atom. The first-order valence-electron chi connectivity index (χ1n) is 12.6. The normalized spacial score (nSPS) is 14.5. The van der Waals surface area contributed by atoms with Gasteiger partial charge in [0.25, 0.3) is 0 Å². The molecule has 0 fully saturated rings. The monoisotopic (exact) mass is 481 g/mol. The number of aromatic nitrogens is 1. The van der Waals surface area contributed by atoms with Crippen molar-refractivity contribution >= 4 is 5.97 Å². The van der Waals surface area contributed by atoms with Crippen LogP contribution in [0.1, 0.15) is 52.5 Å². The molecule has 0 bridgehead atoms. The molecule has 36 heavy (non-hydrogen) atoms. The summed E-state index contributed by atoms with van der Waals surface area (Å²) < 4.78 is 12.2. The quantitative estimate of drug-likeness (QED) is 0.278. The van der Waals surface area contributed by atoms with E-state index in [9.17, 15) is 9.90 Å². The van der Waals surface area contributed by atoms with Gasteiger partial charge in [-0.05, 0) is 79.0 Å². The standard InChI is InChI=1S/C31H31NO4/c1-21-28(32-31(36-21)23-10-6-3-7-11-23)16-17-35-29-19-24-14-15-25(20-30(33)34)27(24)18-26(29)13-12-22-8-4-2-5-9-22/h2-11,18-19,25H,12-17,20H2,1H3,(H,33,34)/t25-/m0/s1. The number of carboxylic acids is 1. The summed E-state index contributed by atoms with van der Waals surface area (Å²) in [5.41, 5.74) is 6.67. The fourth-order valence-electron chi connectivity index (χ4n) is 5.07. The number of benzene rings is 3. The Hall–Kier alpha value is -3.86. The predicted molar refractivity (Wildman–Crippen MR) is 139 cm³/mol. The van der Waals surface area contributed by atoms with Crippen molar-refractivity contribution in [3.8, 4) is 17.2 Å². The molecule has 5 rings (SSSR count). The second kappa shape index (κ2) is 10.8. The van der Waals surface area contributed by atoms with Crippen LogP contribution in [0.4, 0.5) is 0 Å². The van der Waals surface area contributed by atoms with Gasteiger partial charge in [-0.3, -0.25) is 4.79 Å². The molecule has 0 amide bonds. The molecule has 5 heteroatoms. The number of hydrogen-bond donors (Lipinski definition) is 1. The highest BCUT2D eigenvalue weighted by Crippen LogP contribution is 2.39. The second-order valence-electron chi connectivity index (χ2n) is 9.46. The van der Waals surface area contributed by atoms with Crippen LogP contribution in [0.3, 0.4) is 0 Å². The van der Waals surface area contributed by atoms with Crippen LogP contribution in [-0.4, -0.2) is 22.7 Å². The van der Waals surface area contributed by atoms with Crippen molar-refractivity contribution in [1.82, 2.24) is 4.98 Å².